The molecule has 1 aliphatic rings. The fraction of sp³-hybridized carbons (Fsp3) is 0.357. The molecule has 2 N–H and O–H groups in total. The second kappa shape index (κ2) is 6.90. The van der Waals surface area contributed by atoms with E-state index in [1.807, 2.05) is 0 Å². The molecule has 0 fully saturated rings. The Kier molecular flexibility index (Phi) is 5.33. The van der Waals surface area contributed by atoms with Gasteiger partial charge in [-0.2, -0.15) is 8.42 Å². The molecule has 1 aromatic rings. The van der Waals surface area contributed by atoms with Crippen LogP contribution in [-0.4, -0.2) is 41.1 Å². The maximum Gasteiger partial charge on any atom is 0.273 e. The summed E-state index contributed by atoms with van der Waals surface area (Å²) < 4.78 is 37.3. The van der Waals surface area contributed by atoms with Gasteiger partial charge in [-0.05, 0) is 30.7 Å². The summed E-state index contributed by atoms with van der Waals surface area (Å²) in [5.74, 6) is 0.379. The van der Waals surface area contributed by atoms with Crippen LogP contribution in [0, 0.1) is 0 Å². The van der Waals surface area contributed by atoms with Crippen LogP contribution in [0.15, 0.2) is 36.0 Å². The van der Waals surface area contributed by atoms with E-state index in [9.17, 15) is 17.8 Å². The Labute approximate surface area is 143 Å². The van der Waals surface area contributed by atoms with Gasteiger partial charge in [0, 0.05) is 0 Å². The van der Waals surface area contributed by atoms with E-state index in [2.05, 4.69) is 21.4 Å². The van der Waals surface area contributed by atoms with Gasteiger partial charge in [-0.15, -0.1) is 0 Å². The smallest absolute Gasteiger partial charge is 0.273 e. The Morgan fingerprint density at radius 1 is 1.39 bits per heavy atom. The molecule has 0 radical (unpaired) electrons. The van der Waals surface area contributed by atoms with E-state index in [1.54, 1.807) is 31.4 Å². The van der Waals surface area contributed by atoms with Crippen molar-refractivity contribution in [3.05, 3.63) is 41.6 Å². The first kappa shape index (κ1) is 17.8. The third-order valence-electron chi connectivity index (χ3n) is 3.49. The van der Waals surface area contributed by atoms with E-state index >= 15 is 0 Å². The topological polar surface area (TPSA) is 95.9 Å². The fourth-order valence-electron chi connectivity index (χ4n) is 2.13. The number of methoxy groups -OCH3 is 1. The van der Waals surface area contributed by atoms with E-state index in [4.69, 9.17) is 4.74 Å². The number of halogens is 1. The highest BCUT2D eigenvalue weighted by molar-refractivity contribution is 9.10. The van der Waals surface area contributed by atoms with Crippen LogP contribution in [0.25, 0.3) is 0 Å². The van der Waals surface area contributed by atoms with Gasteiger partial charge in [-0.3, -0.25) is 19.8 Å². The van der Waals surface area contributed by atoms with Crippen molar-refractivity contribution in [1.82, 2.24) is 10.4 Å². The van der Waals surface area contributed by atoms with Gasteiger partial charge >= 0.3 is 0 Å². The number of rotatable bonds is 5. The van der Waals surface area contributed by atoms with Crippen molar-refractivity contribution in [3.63, 3.8) is 0 Å². The Bertz CT molecular complexity index is 717. The van der Waals surface area contributed by atoms with E-state index < -0.39 is 20.2 Å². The highest BCUT2D eigenvalue weighted by atomic mass is 79.9. The summed E-state index contributed by atoms with van der Waals surface area (Å²) in [5.41, 5.74) is 3.76. The second-order valence-electron chi connectivity index (χ2n) is 5.06. The molecule has 0 aliphatic carbocycles. The summed E-state index contributed by atoms with van der Waals surface area (Å²) in [6.45, 7) is 1.61. The summed E-state index contributed by atoms with van der Waals surface area (Å²) in [6.07, 6.45) is 1.47. The van der Waals surface area contributed by atoms with Crippen molar-refractivity contribution in [2.75, 3.05) is 7.11 Å². The van der Waals surface area contributed by atoms with Crippen molar-refractivity contribution < 1.29 is 22.5 Å². The minimum atomic E-state index is -4.28. The van der Waals surface area contributed by atoms with Gasteiger partial charge < -0.3 is 4.74 Å². The molecular weight excluding hydrogens is 388 g/mol. The molecule has 1 aromatic carbocycles. The standard InChI is InChI=1S/C14H17BrN2O5S/c1-9(23(19,20)21)13-7-12(15)14(18)16-17(13)8-10-3-5-11(22-2)6-4-10/h3-7,9,12H,8H2,1-2H3,(H,16,18)(H,19,20,21). The summed E-state index contributed by atoms with van der Waals surface area (Å²) in [6, 6.07) is 7.15. The maximum atomic E-state index is 11.8. The van der Waals surface area contributed by atoms with Gasteiger partial charge in [0.25, 0.3) is 16.0 Å². The number of nitrogens with zero attached hydrogens (tertiary/aromatic N) is 1. The first-order chi connectivity index (χ1) is 10.7. The molecule has 9 heteroatoms. The number of amides is 1. The molecular formula is C14H17BrN2O5S. The summed E-state index contributed by atoms with van der Waals surface area (Å²) >= 11 is 3.15. The Morgan fingerprint density at radius 3 is 2.52 bits per heavy atom. The molecule has 23 heavy (non-hydrogen) atoms. The monoisotopic (exact) mass is 404 g/mol. The van der Waals surface area contributed by atoms with Gasteiger partial charge in [0.1, 0.15) is 15.8 Å². The highest BCUT2D eigenvalue weighted by Crippen LogP contribution is 2.24. The quantitative estimate of drug-likeness (QED) is 0.569. The molecule has 0 bridgehead atoms. The van der Waals surface area contributed by atoms with Crippen LogP contribution in [0.3, 0.4) is 0 Å². The number of ether oxygens (including phenoxy) is 1. The predicted octanol–water partition coefficient (Wildman–Crippen LogP) is 1.47. The Morgan fingerprint density at radius 2 is 2.00 bits per heavy atom. The number of carbonyl (C=O) groups excluding carboxylic acids is 1. The highest BCUT2D eigenvalue weighted by Gasteiger charge is 2.33. The van der Waals surface area contributed by atoms with Crippen LogP contribution >= 0.6 is 15.9 Å². The van der Waals surface area contributed by atoms with E-state index in [-0.39, 0.29) is 12.5 Å². The minimum Gasteiger partial charge on any atom is -0.497 e. The van der Waals surface area contributed by atoms with Crippen LogP contribution in [0.4, 0.5) is 0 Å². The Balaban J connectivity index is 2.29. The molecule has 7 nitrogen and oxygen atoms in total. The first-order valence-electron chi connectivity index (χ1n) is 6.75. The zero-order valence-corrected chi connectivity index (χ0v) is 15.0. The van der Waals surface area contributed by atoms with Gasteiger partial charge in [0.15, 0.2) is 0 Å². The fourth-order valence-corrected chi connectivity index (χ4v) is 3.01. The Hall–Kier alpha value is -1.58. The molecule has 0 aromatic heterocycles. The lowest BCUT2D eigenvalue weighted by molar-refractivity contribution is -0.124. The van der Waals surface area contributed by atoms with Gasteiger partial charge in [0.2, 0.25) is 0 Å². The summed E-state index contributed by atoms with van der Waals surface area (Å²) in [5, 5.41) is 0.252. The number of hydrogen-bond donors (Lipinski definition) is 2. The van der Waals surface area contributed by atoms with Gasteiger partial charge in [0.05, 0.1) is 19.4 Å². The molecule has 0 spiro atoms. The van der Waals surface area contributed by atoms with Gasteiger partial charge in [-0.1, -0.05) is 28.1 Å². The molecule has 2 rings (SSSR count). The molecule has 1 heterocycles. The molecule has 1 aliphatic heterocycles. The number of carbonyl (C=O) groups is 1. The number of hydrogen-bond acceptors (Lipinski definition) is 5. The zero-order valence-electron chi connectivity index (χ0n) is 12.6. The average Bonchev–Trinajstić information content (AvgIpc) is 2.50. The summed E-state index contributed by atoms with van der Waals surface area (Å²) in [4.78, 5) is 11.2. The number of nitrogens with one attached hydrogen (secondary N) is 1. The van der Waals surface area contributed by atoms with Crippen molar-refractivity contribution >= 4 is 32.0 Å². The largest absolute Gasteiger partial charge is 0.497 e. The van der Waals surface area contributed by atoms with Crippen LogP contribution in [0.1, 0.15) is 12.5 Å². The normalized spacial score (nSPS) is 19.8. The first-order valence-corrected chi connectivity index (χ1v) is 9.17. The lowest BCUT2D eigenvalue weighted by atomic mass is 10.1. The molecule has 126 valence electrons. The number of alkyl halides is 1. The molecule has 2 atom stereocenters. The molecule has 0 saturated heterocycles. The number of hydrazine groups is 1. The zero-order chi connectivity index (χ0) is 17.2. The van der Waals surface area contributed by atoms with Crippen molar-refractivity contribution in [2.45, 2.75) is 23.5 Å². The number of benzene rings is 1. The summed E-state index contributed by atoms with van der Waals surface area (Å²) in [7, 11) is -2.72. The SMILES string of the molecule is COc1ccc(CN2NC(=O)C(Br)C=C2C(C)S(=O)(=O)O)cc1. The lowest BCUT2D eigenvalue weighted by Gasteiger charge is -2.34. The van der Waals surface area contributed by atoms with Crippen molar-refractivity contribution in [2.24, 2.45) is 0 Å². The van der Waals surface area contributed by atoms with E-state index in [1.165, 1.54) is 18.0 Å². The van der Waals surface area contributed by atoms with Crippen molar-refractivity contribution in [3.8, 4) is 5.75 Å². The molecule has 2 unspecified atom stereocenters. The van der Waals surface area contributed by atoms with Crippen LogP contribution in [0.5, 0.6) is 5.75 Å². The van der Waals surface area contributed by atoms with Crippen molar-refractivity contribution in [1.29, 1.82) is 0 Å². The van der Waals surface area contributed by atoms with E-state index in [0.29, 0.717) is 11.4 Å². The maximum absolute atomic E-state index is 11.8. The third kappa shape index (κ3) is 4.24. The van der Waals surface area contributed by atoms with Crippen LogP contribution in [0.2, 0.25) is 0 Å². The van der Waals surface area contributed by atoms with Gasteiger partial charge in [-0.25, -0.2) is 0 Å². The molecule has 1 amide bonds. The predicted molar refractivity (Wildman–Crippen MR) is 88.5 cm³/mol. The lowest BCUT2D eigenvalue weighted by Crippen LogP contribution is -2.50. The van der Waals surface area contributed by atoms with Crippen LogP contribution in [-0.2, 0) is 21.5 Å². The van der Waals surface area contributed by atoms with E-state index in [0.717, 1.165) is 5.56 Å². The minimum absolute atomic E-state index is 0.251. The van der Waals surface area contributed by atoms with Crippen LogP contribution < -0.4 is 10.2 Å². The second-order valence-corrected chi connectivity index (χ2v) is 7.78. The average molecular weight is 405 g/mol. The third-order valence-corrected chi connectivity index (χ3v) is 5.30. The molecule has 0 saturated carbocycles.